The molecule has 6 nitrogen and oxygen atoms in total. The molecule has 2 N–H and O–H groups in total. The van der Waals surface area contributed by atoms with Gasteiger partial charge in [0.15, 0.2) is 0 Å². The molecule has 2 aliphatic heterocycles. The lowest BCUT2D eigenvalue weighted by Gasteiger charge is -2.41. The fraction of sp³-hybridized carbons (Fsp3) is 0.385. The molecular weight excluding hydrogens is 404 g/mol. The molecule has 1 aromatic carbocycles. The number of benzene rings is 1. The van der Waals surface area contributed by atoms with Crippen LogP contribution in [0.4, 0.5) is 0 Å². The normalized spacial score (nSPS) is 19.4. The first-order valence-corrected chi connectivity index (χ1v) is 11.4. The average Bonchev–Trinajstić information content (AvgIpc) is 3.02. The van der Waals surface area contributed by atoms with Gasteiger partial charge in [0.2, 0.25) is 0 Å². The molecule has 4 rings (SSSR count). The van der Waals surface area contributed by atoms with Gasteiger partial charge in [-0.25, -0.2) is 4.79 Å². The van der Waals surface area contributed by atoms with Crippen molar-refractivity contribution in [2.24, 2.45) is 0 Å². The van der Waals surface area contributed by atoms with Gasteiger partial charge in [-0.15, -0.1) is 0 Å². The minimum Gasteiger partial charge on any atom is -0.483 e. The van der Waals surface area contributed by atoms with Crippen molar-refractivity contribution in [2.45, 2.75) is 38.7 Å². The lowest BCUT2D eigenvalue weighted by atomic mass is 9.81. The number of amides is 1. The van der Waals surface area contributed by atoms with Crippen molar-refractivity contribution in [3.8, 4) is 0 Å². The lowest BCUT2D eigenvalue weighted by Crippen LogP contribution is -2.44. The SMILES string of the molecule is CCN(CC)C(=O)c1ccc(C2=CC3(CCNCC3)OC3=CCC=CC(C(=O)O)=C32)cc1. The first kappa shape index (κ1) is 22.1. The van der Waals surface area contributed by atoms with E-state index in [1.165, 1.54) is 0 Å². The summed E-state index contributed by atoms with van der Waals surface area (Å²) in [6.45, 7) is 6.94. The fourth-order valence-electron chi connectivity index (χ4n) is 4.62. The second kappa shape index (κ2) is 9.17. The summed E-state index contributed by atoms with van der Waals surface area (Å²) in [6, 6.07) is 7.50. The number of carbonyl (C=O) groups is 2. The molecule has 1 amide bonds. The van der Waals surface area contributed by atoms with Gasteiger partial charge in [-0.05, 0) is 68.8 Å². The quantitative estimate of drug-likeness (QED) is 0.734. The third-order valence-electron chi connectivity index (χ3n) is 6.40. The molecule has 0 unspecified atom stereocenters. The van der Waals surface area contributed by atoms with Crippen molar-refractivity contribution in [3.05, 3.63) is 76.6 Å². The highest BCUT2D eigenvalue weighted by atomic mass is 16.5. The van der Waals surface area contributed by atoms with Gasteiger partial charge in [-0.2, -0.15) is 0 Å². The van der Waals surface area contributed by atoms with Crippen molar-refractivity contribution in [2.75, 3.05) is 26.2 Å². The number of fused-ring (bicyclic) bond motifs is 1. The number of hydrogen-bond donors (Lipinski definition) is 2. The number of carboxylic acid groups (broad SMARTS) is 1. The molecule has 1 aromatic rings. The molecule has 32 heavy (non-hydrogen) atoms. The zero-order valence-electron chi connectivity index (χ0n) is 18.7. The van der Waals surface area contributed by atoms with Crippen LogP contribution in [0.1, 0.15) is 49.0 Å². The minimum absolute atomic E-state index is 0.000701. The van der Waals surface area contributed by atoms with Gasteiger partial charge >= 0.3 is 5.97 Å². The number of carbonyl (C=O) groups excluding carboxylic acids is 1. The van der Waals surface area contributed by atoms with Crippen LogP contribution in [0.25, 0.3) is 5.57 Å². The third-order valence-corrected chi connectivity index (χ3v) is 6.40. The van der Waals surface area contributed by atoms with E-state index in [0.29, 0.717) is 36.4 Å². The molecule has 1 fully saturated rings. The summed E-state index contributed by atoms with van der Waals surface area (Å²) in [5.41, 5.74) is 2.75. The highest BCUT2D eigenvalue weighted by Gasteiger charge is 2.40. The number of nitrogens with zero attached hydrogens (tertiary/aromatic N) is 1. The van der Waals surface area contributed by atoms with E-state index in [-0.39, 0.29) is 11.5 Å². The molecule has 6 heteroatoms. The molecule has 1 spiro atoms. The van der Waals surface area contributed by atoms with E-state index in [1.54, 1.807) is 11.0 Å². The first-order chi connectivity index (χ1) is 15.5. The summed E-state index contributed by atoms with van der Waals surface area (Å²) < 4.78 is 6.48. The molecule has 0 radical (unpaired) electrons. The number of carboxylic acids is 1. The zero-order chi connectivity index (χ0) is 22.7. The van der Waals surface area contributed by atoms with Gasteiger partial charge in [0.25, 0.3) is 5.91 Å². The maximum atomic E-state index is 12.7. The van der Waals surface area contributed by atoms with Crippen molar-refractivity contribution in [3.63, 3.8) is 0 Å². The minimum atomic E-state index is -0.979. The van der Waals surface area contributed by atoms with Crippen LogP contribution >= 0.6 is 0 Å². The van der Waals surface area contributed by atoms with Gasteiger partial charge in [0.05, 0.1) is 5.57 Å². The van der Waals surface area contributed by atoms with E-state index in [4.69, 9.17) is 4.74 Å². The molecule has 1 saturated heterocycles. The van der Waals surface area contributed by atoms with Crippen LogP contribution in [0, 0.1) is 0 Å². The van der Waals surface area contributed by atoms with E-state index in [2.05, 4.69) is 11.4 Å². The van der Waals surface area contributed by atoms with E-state index < -0.39 is 11.6 Å². The number of ether oxygens (including phenoxy) is 1. The van der Waals surface area contributed by atoms with Gasteiger partial charge in [0.1, 0.15) is 11.4 Å². The Bertz CT molecular complexity index is 1020. The molecule has 2 heterocycles. The number of piperidine rings is 1. The van der Waals surface area contributed by atoms with Gasteiger partial charge in [0, 0.05) is 37.1 Å². The summed E-state index contributed by atoms with van der Waals surface area (Å²) in [4.78, 5) is 26.6. The standard InChI is InChI=1S/C26H30N2O4/c1-3-28(4-2)24(29)19-11-9-18(10-12-19)21-17-26(13-15-27-16-14-26)32-22-8-6-5-7-20(23(21)22)25(30)31/h5,7-12,17,27H,3-4,6,13-16H2,1-2H3,(H,30,31). The highest BCUT2D eigenvalue weighted by molar-refractivity contribution is 6.00. The summed E-state index contributed by atoms with van der Waals surface area (Å²) in [7, 11) is 0. The first-order valence-electron chi connectivity index (χ1n) is 11.4. The molecule has 0 atom stereocenters. The number of allylic oxidation sites excluding steroid dienone is 3. The van der Waals surface area contributed by atoms with Crippen LogP contribution in [0.3, 0.4) is 0 Å². The maximum Gasteiger partial charge on any atom is 0.336 e. The Hall–Kier alpha value is -3.12. The summed E-state index contributed by atoms with van der Waals surface area (Å²) in [6.07, 6.45) is 9.83. The Labute approximate surface area is 188 Å². The summed E-state index contributed by atoms with van der Waals surface area (Å²) in [5, 5.41) is 13.3. The number of aliphatic carboxylic acids is 1. The topological polar surface area (TPSA) is 78.9 Å². The Kier molecular flexibility index (Phi) is 6.33. The van der Waals surface area contributed by atoms with Crippen molar-refractivity contribution < 1.29 is 19.4 Å². The van der Waals surface area contributed by atoms with Crippen molar-refractivity contribution in [1.82, 2.24) is 10.2 Å². The average molecular weight is 435 g/mol. The van der Waals surface area contributed by atoms with Crippen molar-refractivity contribution in [1.29, 1.82) is 0 Å². The predicted octanol–water partition coefficient (Wildman–Crippen LogP) is 3.93. The largest absolute Gasteiger partial charge is 0.483 e. The van der Waals surface area contributed by atoms with Crippen LogP contribution in [0.2, 0.25) is 0 Å². The van der Waals surface area contributed by atoms with Crippen LogP contribution in [-0.4, -0.2) is 53.7 Å². The molecule has 3 aliphatic rings. The smallest absolute Gasteiger partial charge is 0.336 e. The maximum absolute atomic E-state index is 12.7. The second-order valence-corrected chi connectivity index (χ2v) is 8.33. The van der Waals surface area contributed by atoms with Crippen LogP contribution in [-0.2, 0) is 9.53 Å². The Balaban J connectivity index is 1.82. The second-order valence-electron chi connectivity index (χ2n) is 8.33. The number of hydrogen-bond acceptors (Lipinski definition) is 4. The van der Waals surface area contributed by atoms with Gasteiger partial charge in [-0.3, -0.25) is 4.79 Å². The van der Waals surface area contributed by atoms with E-state index >= 15 is 0 Å². The third kappa shape index (κ3) is 4.15. The Morgan fingerprint density at radius 3 is 2.44 bits per heavy atom. The Morgan fingerprint density at radius 2 is 1.81 bits per heavy atom. The molecule has 168 valence electrons. The monoisotopic (exact) mass is 434 g/mol. The zero-order valence-corrected chi connectivity index (χ0v) is 18.7. The number of rotatable bonds is 5. The summed E-state index contributed by atoms with van der Waals surface area (Å²) in [5.74, 6) is -0.344. The number of nitrogens with one attached hydrogen (secondary N) is 1. The molecule has 1 aliphatic carbocycles. The van der Waals surface area contributed by atoms with Gasteiger partial charge in [-0.1, -0.05) is 24.3 Å². The van der Waals surface area contributed by atoms with Gasteiger partial charge < -0.3 is 20.1 Å². The molecule has 0 aromatic heterocycles. The molecule has 0 bridgehead atoms. The fourth-order valence-corrected chi connectivity index (χ4v) is 4.62. The highest BCUT2D eigenvalue weighted by Crippen LogP contribution is 2.45. The molecular formula is C26H30N2O4. The van der Waals surface area contributed by atoms with E-state index in [1.807, 2.05) is 50.3 Å². The lowest BCUT2D eigenvalue weighted by molar-refractivity contribution is -0.132. The van der Waals surface area contributed by atoms with E-state index in [0.717, 1.165) is 37.1 Å². The summed E-state index contributed by atoms with van der Waals surface area (Å²) >= 11 is 0. The Morgan fingerprint density at radius 1 is 1.12 bits per heavy atom. The van der Waals surface area contributed by atoms with Crippen LogP contribution in [0.15, 0.2) is 65.5 Å². The van der Waals surface area contributed by atoms with E-state index in [9.17, 15) is 14.7 Å². The van der Waals surface area contributed by atoms with Crippen molar-refractivity contribution >= 4 is 17.4 Å². The predicted molar refractivity (Wildman–Crippen MR) is 124 cm³/mol. The molecule has 0 saturated carbocycles. The van der Waals surface area contributed by atoms with Crippen LogP contribution < -0.4 is 5.32 Å². The van der Waals surface area contributed by atoms with Crippen LogP contribution in [0.5, 0.6) is 0 Å².